The van der Waals surface area contributed by atoms with E-state index in [9.17, 15) is 4.79 Å². The quantitative estimate of drug-likeness (QED) is 0.637. The van der Waals surface area contributed by atoms with Gasteiger partial charge >= 0.3 is 0 Å². The molecule has 0 aliphatic rings. The van der Waals surface area contributed by atoms with E-state index in [1.54, 1.807) is 18.3 Å². The minimum Gasteiger partial charge on any atom is -0.330 e. The normalized spacial score (nSPS) is 10.6. The molecule has 0 spiro atoms. The number of aromatic nitrogens is 3. The van der Waals surface area contributed by atoms with Gasteiger partial charge in [-0.3, -0.25) is 14.3 Å². The number of nitrogens with one attached hydrogen (secondary N) is 1. The Morgan fingerprint density at radius 2 is 2.44 bits per heavy atom. The molecular formula is C11H11N3OS. The van der Waals surface area contributed by atoms with Crippen LogP contribution in [0.4, 0.5) is 0 Å². The van der Waals surface area contributed by atoms with E-state index in [4.69, 9.17) is 12.2 Å². The molecule has 0 unspecified atom stereocenters. The Morgan fingerprint density at radius 3 is 3.12 bits per heavy atom. The Balaban J connectivity index is 2.90. The molecule has 2 aromatic heterocycles. The highest BCUT2D eigenvalue weighted by molar-refractivity contribution is 7.71. The van der Waals surface area contributed by atoms with Crippen LogP contribution >= 0.6 is 12.2 Å². The Morgan fingerprint density at radius 1 is 1.69 bits per heavy atom. The van der Waals surface area contributed by atoms with Crippen LogP contribution in [0.2, 0.25) is 0 Å². The molecule has 0 amide bonds. The van der Waals surface area contributed by atoms with Crippen molar-refractivity contribution in [1.29, 1.82) is 0 Å². The molecule has 0 bridgehead atoms. The molecule has 0 aromatic carbocycles. The number of pyridine rings is 1. The molecule has 5 heteroatoms. The first-order valence-electron chi connectivity index (χ1n) is 4.84. The Labute approximate surface area is 97.3 Å². The van der Waals surface area contributed by atoms with Gasteiger partial charge in [-0.1, -0.05) is 6.08 Å². The summed E-state index contributed by atoms with van der Waals surface area (Å²) < 4.78 is 1.87. The summed E-state index contributed by atoms with van der Waals surface area (Å²) in [6.45, 7) is 5.86. The minimum atomic E-state index is -0.107. The van der Waals surface area contributed by atoms with Crippen LogP contribution in [-0.2, 0) is 6.54 Å². The maximum absolute atomic E-state index is 12.1. The van der Waals surface area contributed by atoms with Gasteiger partial charge in [0.15, 0.2) is 4.77 Å². The van der Waals surface area contributed by atoms with Gasteiger partial charge in [-0.2, -0.15) is 0 Å². The van der Waals surface area contributed by atoms with E-state index in [1.807, 2.05) is 6.92 Å². The van der Waals surface area contributed by atoms with Crippen molar-refractivity contribution in [2.45, 2.75) is 13.5 Å². The van der Waals surface area contributed by atoms with E-state index in [-0.39, 0.29) is 5.56 Å². The SMILES string of the molecule is C=CCn1c(=S)[nH]c2cnc(C)cc2c1=O. The van der Waals surface area contributed by atoms with Crippen molar-refractivity contribution < 1.29 is 0 Å². The first kappa shape index (κ1) is 10.8. The Kier molecular flexibility index (Phi) is 2.70. The number of rotatable bonds is 2. The molecule has 2 aromatic rings. The molecule has 0 saturated heterocycles. The second-order valence-electron chi connectivity index (χ2n) is 3.51. The number of nitrogens with zero attached hydrogens (tertiary/aromatic N) is 2. The van der Waals surface area contributed by atoms with Gasteiger partial charge in [-0.05, 0) is 25.2 Å². The van der Waals surface area contributed by atoms with Gasteiger partial charge in [0, 0.05) is 12.2 Å². The number of aryl methyl sites for hydroxylation is 1. The van der Waals surface area contributed by atoms with Gasteiger partial charge in [0.2, 0.25) is 0 Å². The Hall–Kier alpha value is -1.75. The van der Waals surface area contributed by atoms with Crippen molar-refractivity contribution in [1.82, 2.24) is 14.5 Å². The molecular weight excluding hydrogens is 222 g/mol. The van der Waals surface area contributed by atoms with Gasteiger partial charge in [0.05, 0.1) is 17.1 Å². The third-order valence-corrected chi connectivity index (χ3v) is 2.64. The van der Waals surface area contributed by atoms with Crippen molar-refractivity contribution in [3.05, 3.63) is 45.7 Å². The molecule has 0 saturated carbocycles. The highest BCUT2D eigenvalue weighted by atomic mass is 32.1. The molecule has 0 atom stereocenters. The van der Waals surface area contributed by atoms with Crippen LogP contribution in [-0.4, -0.2) is 14.5 Å². The molecule has 0 fully saturated rings. The average molecular weight is 233 g/mol. The molecule has 2 heterocycles. The maximum Gasteiger partial charge on any atom is 0.262 e. The third-order valence-electron chi connectivity index (χ3n) is 2.31. The second-order valence-corrected chi connectivity index (χ2v) is 3.89. The van der Waals surface area contributed by atoms with Crippen LogP contribution in [0.5, 0.6) is 0 Å². The number of hydrogen-bond donors (Lipinski definition) is 1. The van der Waals surface area contributed by atoms with Gasteiger partial charge in [0.1, 0.15) is 0 Å². The van der Waals surface area contributed by atoms with Crippen LogP contribution in [0.15, 0.2) is 29.7 Å². The lowest BCUT2D eigenvalue weighted by Gasteiger charge is -2.05. The first-order chi connectivity index (χ1) is 7.63. The molecule has 1 N–H and O–H groups in total. The summed E-state index contributed by atoms with van der Waals surface area (Å²) in [4.78, 5) is 19.2. The van der Waals surface area contributed by atoms with Crippen LogP contribution in [0.1, 0.15) is 5.69 Å². The molecule has 2 rings (SSSR count). The summed E-state index contributed by atoms with van der Waals surface area (Å²) in [6.07, 6.45) is 3.27. The fraction of sp³-hybridized carbons (Fsp3) is 0.182. The van der Waals surface area contributed by atoms with Crippen LogP contribution < -0.4 is 5.56 Å². The highest BCUT2D eigenvalue weighted by Crippen LogP contribution is 2.06. The fourth-order valence-electron chi connectivity index (χ4n) is 1.55. The predicted molar refractivity (Wildman–Crippen MR) is 66.1 cm³/mol. The molecule has 82 valence electrons. The van der Waals surface area contributed by atoms with E-state index in [0.717, 1.165) is 5.69 Å². The molecule has 16 heavy (non-hydrogen) atoms. The number of H-pyrrole nitrogens is 1. The molecule has 4 nitrogen and oxygen atoms in total. The van der Waals surface area contributed by atoms with Gasteiger partial charge < -0.3 is 4.98 Å². The summed E-state index contributed by atoms with van der Waals surface area (Å²) in [6, 6.07) is 1.75. The molecule has 0 aliphatic carbocycles. The van der Waals surface area contributed by atoms with Crippen LogP contribution in [0.3, 0.4) is 0 Å². The van der Waals surface area contributed by atoms with Crippen molar-refractivity contribution in [3.63, 3.8) is 0 Å². The third kappa shape index (κ3) is 1.69. The van der Waals surface area contributed by atoms with Crippen molar-refractivity contribution in [2.75, 3.05) is 0 Å². The molecule has 0 aliphatic heterocycles. The average Bonchev–Trinajstić information content (AvgIpc) is 2.26. The van der Waals surface area contributed by atoms with E-state index in [1.165, 1.54) is 4.57 Å². The number of allylic oxidation sites excluding steroid dienone is 1. The highest BCUT2D eigenvalue weighted by Gasteiger charge is 2.04. The zero-order valence-electron chi connectivity index (χ0n) is 8.86. The summed E-state index contributed by atoms with van der Waals surface area (Å²) in [5, 5.41) is 0.600. The van der Waals surface area contributed by atoms with E-state index in [2.05, 4.69) is 16.5 Å². The van der Waals surface area contributed by atoms with Crippen molar-refractivity contribution in [3.8, 4) is 0 Å². The first-order valence-corrected chi connectivity index (χ1v) is 5.24. The van der Waals surface area contributed by atoms with Gasteiger partial charge in [-0.15, -0.1) is 6.58 Å². The lowest BCUT2D eigenvalue weighted by molar-refractivity contribution is 0.752. The summed E-state index contributed by atoms with van der Waals surface area (Å²) in [7, 11) is 0. The smallest absolute Gasteiger partial charge is 0.262 e. The minimum absolute atomic E-state index is 0.107. The van der Waals surface area contributed by atoms with E-state index >= 15 is 0 Å². The number of hydrogen-bond acceptors (Lipinski definition) is 3. The largest absolute Gasteiger partial charge is 0.330 e. The Bertz CT molecular complexity index is 669. The monoisotopic (exact) mass is 233 g/mol. The number of fused-ring (bicyclic) bond motifs is 1. The van der Waals surface area contributed by atoms with Crippen molar-refractivity contribution >= 4 is 23.1 Å². The maximum atomic E-state index is 12.1. The van der Waals surface area contributed by atoms with E-state index < -0.39 is 0 Å². The number of aromatic amines is 1. The molecule has 0 radical (unpaired) electrons. The topological polar surface area (TPSA) is 50.7 Å². The van der Waals surface area contributed by atoms with Crippen molar-refractivity contribution in [2.24, 2.45) is 0 Å². The summed E-state index contributed by atoms with van der Waals surface area (Å²) in [5.74, 6) is 0. The van der Waals surface area contributed by atoms with Crippen LogP contribution in [0, 0.1) is 11.7 Å². The lowest BCUT2D eigenvalue weighted by atomic mass is 10.2. The van der Waals surface area contributed by atoms with Crippen LogP contribution in [0.25, 0.3) is 10.9 Å². The lowest BCUT2D eigenvalue weighted by Crippen LogP contribution is -2.21. The zero-order chi connectivity index (χ0) is 11.7. The van der Waals surface area contributed by atoms with Gasteiger partial charge in [0.25, 0.3) is 5.56 Å². The standard InChI is InChI=1S/C11H11N3OS/c1-3-4-14-10(15)8-5-7(2)12-6-9(8)13-11(14)16/h3,5-6H,1,4H2,2H3,(H,13,16). The van der Waals surface area contributed by atoms with E-state index in [0.29, 0.717) is 22.2 Å². The summed E-state index contributed by atoms with van der Waals surface area (Å²) in [5.41, 5.74) is 1.37. The summed E-state index contributed by atoms with van der Waals surface area (Å²) >= 11 is 5.10. The predicted octanol–water partition coefficient (Wildman–Crippen LogP) is 1.95. The fourth-order valence-corrected chi connectivity index (χ4v) is 1.82. The zero-order valence-corrected chi connectivity index (χ0v) is 9.67. The second kappa shape index (κ2) is 4.02. The van der Waals surface area contributed by atoms with Gasteiger partial charge in [-0.25, -0.2) is 0 Å².